The van der Waals surface area contributed by atoms with Crippen LogP contribution in [0.4, 0.5) is 10.3 Å². The second-order valence-corrected chi connectivity index (χ2v) is 7.64. The molecule has 1 amide bonds. The lowest BCUT2D eigenvalue weighted by Gasteiger charge is -2.13. The average molecular weight is 435 g/mol. The highest BCUT2D eigenvalue weighted by atomic mass is 19.1. The van der Waals surface area contributed by atoms with E-state index in [0.717, 1.165) is 22.5 Å². The molecule has 0 saturated carbocycles. The molecule has 0 atom stereocenters. The number of aromatic nitrogens is 5. The maximum atomic E-state index is 14.6. The van der Waals surface area contributed by atoms with E-state index in [1.54, 1.807) is 34.6 Å². The van der Waals surface area contributed by atoms with Gasteiger partial charge in [0.2, 0.25) is 5.95 Å². The first-order valence-corrected chi connectivity index (χ1v) is 10.2. The highest BCUT2D eigenvalue weighted by Gasteiger charge is 2.21. The van der Waals surface area contributed by atoms with Gasteiger partial charge in [0, 0.05) is 50.6 Å². The SMILES string of the molecule is CNC(=O)c1cn2c(NCc3c(F)ccc4c3CCO4)ncc(-c3cc(C)nn3C)c2n1. The van der Waals surface area contributed by atoms with Crippen LogP contribution >= 0.6 is 0 Å². The summed E-state index contributed by atoms with van der Waals surface area (Å²) in [4.78, 5) is 21.3. The molecule has 0 unspecified atom stereocenters. The predicted molar refractivity (Wildman–Crippen MR) is 116 cm³/mol. The number of halogens is 1. The molecular weight excluding hydrogens is 413 g/mol. The van der Waals surface area contributed by atoms with Crippen molar-refractivity contribution in [3.63, 3.8) is 0 Å². The van der Waals surface area contributed by atoms with Gasteiger partial charge in [-0.3, -0.25) is 13.9 Å². The van der Waals surface area contributed by atoms with Gasteiger partial charge in [-0.05, 0) is 25.1 Å². The molecule has 10 heteroatoms. The summed E-state index contributed by atoms with van der Waals surface area (Å²) < 4.78 is 23.6. The van der Waals surface area contributed by atoms with E-state index in [2.05, 4.69) is 25.7 Å². The van der Waals surface area contributed by atoms with E-state index < -0.39 is 0 Å². The topological polar surface area (TPSA) is 98.4 Å². The van der Waals surface area contributed by atoms with E-state index in [0.29, 0.717) is 35.9 Å². The average Bonchev–Trinajstić information content (AvgIpc) is 3.50. The molecule has 4 heterocycles. The number of carbonyl (C=O) groups is 1. The number of anilines is 1. The van der Waals surface area contributed by atoms with Crippen LogP contribution in [0.25, 0.3) is 16.9 Å². The monoisotopic (exact) mass is 435 g/mol. The number of fused-ring (bicyclic) bond motifs is 2. The molecule has 0 fully saturated rings. The Morgan fingerprint density at radius 3 is 2.94 bits per heavy atom. The van der Waals surface area contributed by atoms with Gasteiger partial charge in [0.05, 0.1) is 23.6 Å². The number of aryl methyl sites for hydroxylation is 2. The Kier molecular flexibility index (Phi) is 4.76. The number of hydrogen-bond donors (Lipinski definition) is 2. The maximum absolute atomic E-state index is 14.6. The predicted octanol–water partition coefficient (Wildman–Crippen LogP) is 2.48. The first-order valence-electron chi connectivity index (χ1n) is 10.2. The summed E-state index contributed by atoms with van der Waals surface area (Å²) >= 11 is 0. The van der Waals surface area contributed by atoms with Crippen molar-refractivity contribution in [3.05, 3.63) is 58.9 Å². The number of carbonyl (C=O) groups excluding carboxylic acids is 1. The summed E-state index contributed by atoms with van der Waals surface area (Å²) in [7, 11) is 3.39. The zero-order valence-electron chi connectivity index (χ0n) is 17.9. The summed E-state index contributed by atoms with van der Waals surface area (Å²) in [5.41, 5.74) is 4.63. The van der Waals surface area contributed by atoms with Crippen LogP contribution in [0.15, 0.2) is 30.6 Å². The zero-order chi connectivity index (χ0) is 22.4. The lowest BCUT2D eigenvalue weighted by molar-refractivity contribution is 0.0959. The van der Waals surface area contributed by atoms with Crippen LogP contribution in [0.2, 0.25) is 0 Å². The molecule has 1 aliphatic heterocycles. The number of ether oxygens (including phenoxy) is 1. The maximum Gasteiger partial charge on any atom is 0.271 e. The van der Waals surface area contributed by atoms with Crippen LogP contribution < -0.4 is 15.4 Å². The quantitative estimate of drug-likeness (QED) is 0.500. The minimum Gasteiger partial charge on any atom is -0.493 e. The standard InChI is InChI=1S/C22H22FN7O2/c1-12-8-18(29(3)28-12)15-10-26-22(30-11-17(21(31)24-2)27-20(15)30)25-9-14-13-6-7-32-19(13)5-4-16(14)23/h4-5,8,10-11H,6-7,9H2,1-3H3,(H,24,31)(H,25,26). The largest absolute Gasteiger partial charge is 0.493 e. The van der Waals surface area contributed by atoms with Crippen molar-refractivity contribution in [2.75, 3.05) is 19.0 Å². The second-order valence-electron chi connectivity index (χ2n) is 7.64. The molecule has 3 aromatic heterocycles. The van der Waals surface area contributed by atoms with Crippen molar-refractivity contribution in [1.82, 2.24) is 29.5 Å². The number of benzene rings is 1. The molecule has 9 nitrogen and oxygen atoms in total. The van der Waals surface area contributed by atoms with Gasteiger partial charge in [0.1, 0.15) is 17.3 Å². The minimum atomic E-state index is -0.309. The van der Waals surface area contributed by atoms with Gasteiger partial charge in [-0.2, -0.15) is 5.10 Å². The molecule has 0 aliphatic carbocycles. The van der Waals surface area contributed by atoms with E-state index in [1.807, 2.05) is 20.0 Å². The number of amides is 1. The van der Waals surface area contributed by atoms with E-state index in [-0.39, 0.29) is 24.0 Å². The molecule has 0 spiro atoms. The molecular formula is C22H22FN7O2. The Morgan fingerprint density at radius 2 is 2.19 bits per heavy atom. The molecule has 164 valence electrons. The fraction of sp³-hybridized carbons (Fsp3) is 0.273. The fourth-order valence-electron chi connectivity index (χ4n) is 4.06. The van der Waals surface area contributed by atoms with Gasteiger partial charge < -0.3 is 15.4 Å². The molecule has 0 bridgehead atoms. The summed E-state index contributed by atoms with van der Waals surface area (Å²) in [5.74, 6) is 0.557. The Balaban J connectivity index is 1.58. The lowest BCUT2D eigenvalue weighted by atomic mass is 10.0. The first-order chi connectivity index (χ1) is 15.5. The van der Waals surface area contributed by atoms with Crippen molar-refractivity contribution < 1.29 is 13.9 Å². The van der Waals surface area contributed by atoms with Crippen molar-refractivity contribution in [1.29, 1.82) is 0 Å². The van der Waals surface area contributed by atoms with Gasteiger partial charge in [-0.25, -0.2) is 14.4 Å². The molecule has 32 heavy (non-hydrogen) atoms. The highest BCUT2D eigenvalue weighted by Crippen LogP contribution is 2.31. The first kappa shape index (κ1) is 20.0. The Labute approximate surface area is 183 Å². The summed E-state index contributed by atoms with van der Waals surface area (Å²) in [5, 5.41) is 10.2. The number of nitrogens with one attached hydrogen (secondary N) is 2. The molecule has 4 aromatic rings. The van der Waals surface area contributed by atoms with Crippen LogP contribution in [-0.2, 0) is 20.0 Å². The third-order valence-electron chi connectivity index (χ3n) is 5.59. The summed E-state index contributed by atoms with van der Waals surface area (Å²) in [6.45, 7) is 2.67. The molecule has 1 aromatic carbocycles. The Morgan fingerprint density at radius 1 is 1.34 bits per heavy atom. The van der Waals surface area contributed by atoms with Crippen LogP contribution in [0.1, 0.15) is 27.3 Å². The second kappa shape index (κ2) is 7.63. The van der Waals surface area contributed by atoms with Crippen LogP contribution in [0.5, 0.6) is 5.75 Å². The van der Waals surface area contributed by atoms with Crippen molar-refractivity contribution in [2.24, 2.45) is 7.05 Å². The number of imidazole rings is 1. The molecule has 5 rings (SSSR count). The lowest BCUT2D eigenvalue weighted by Crippen LogP contribution is -2.18. The van der Waals surface area contributed by atoms with Gasteiger partial charge >= 0.3 is 0 Å². The number of nitrogens with zero attached hydrogens (tertiary/aromatic N) is 5. The Bertz CT molecular complexity index is 1360. The van der Waals surface area contributed by atoms with Gasteiger partial charge in [0.25, 0.3) is 5.91 Å². The smallest absolute Gasteiger partial charge is 0.271 e. The molecule has 0 saturated heterocycles. The minimum absolute atomic E-state index is 0.220. The van der Waals surface area contributed by atoms with E-state index >= 15 is 0 Å². The number of rotatable bonds is 5. The number of hydrogen-bond acceptors (Lipinski definition) is 6. The summed E-state index contributed by atoms with van der Waals surface area (Å²) in [6.07, 6.45) is 3.96. The molecule has 2 N–H and O–H groups in total. The van der Waals surface area contributed by atoms with E-state index in [9.17, 15) is 9.18 Å². The van der Waals surface area contributed by atoms with Gasteiger partial charge in [-0.1, -0.05) is 0 Å². The third-order valence-corrected chi connectivity index (χ3v) is 5.59. The highest BCUT2D eigenvalue weighted by molar-refractivity contribution is 5.93. The summed E-state index contributed by atoms with van der Waals surface area (Å²) in [6, 6.07) is 5.01. The zero-order valence-corrected chi connectivity index (χ0v) is 17.9. The van der Waals surface area contributed by atoms with Crippen molar-refractivity contribution in [3.8, 4) is 17.0 Å². The fourth-order valence-corrected chi connectivity index (χ4v) is 4.06. The van der Waals surface area contributed by atoms with Gasteiger partial charge in [0.15, 0.2) is 5.65 Å². The normalized spacial score (nSPS) is 12.6. The molecule has 1 aliphatic rings. The van der Waals surface area contributed by atoms with E-state index in [4.69, 9.17) is 4.74 Å². The van der Waals surface area contributed by atoms with Crippen LogP contribution in [0, 0.1) is 12.7 Å². The van der Waals surface area contributed by atoms with Gasteiger partial charge in [-0.15, -0.1) is 0 Å². The van der Waals surface area contributed by atoms with E-state index in [1.165, 1.54) is 6.07 Å². The van der Waals surface area contributed by atoms with Crippen LogP contribution in [0.3, 0.4) is 0 Å². The van der Waals surface area contributed by atoms with Crippen molar-refractivity contribution in [2.45, 2.75) is 19.9 Å². The van der Waals surface area contributed by atoms with Crippen LogP contribution in [-0.4, -0.2) is 43.7 Å². The third kappa shape index (κ3) is 3.24. The molecule has 0 radical (unpaired) electrons. The van der Waals surface area contributed by atoms with Crippen molar-refractivity contribution >= 4 is 17.5 Å². The Hall–Kier alpha value is -3.95.